The van der Waals surface area contributed by atoms with Gasteiger partial charge in [0, 0.05) is 24.2 Å². The molecule has 0 saturated carbocycles. The second-order valence-electron chi connectivity index (χ2n) is 7.35. The number of aromatic nitrogens is 3. The molecule has 0 fully saturated rings. The topological polar surface area (TPSA) is 59.0 Å². The Morgan fingerprint density at radius 1 is 0.879 bits per heavy atom. The van der Waals surface area contributed by atoms with Gasteiger partial charge in [-0.3, -0.25) is 4.79 Å². The van der Waals surface area contributed by atoms with Crippen molar-refractivity contribution in [2.24, 2.45) is 0 Å². The molecule has 4 aromatic rings. The van der Waals surface area contributed by atoms with Gasteiger partial charge in [0.25, 0.3) is 0 Å². The normalized spacial score (nSPS) is 10.7. The van der Waals surface area contributed by atoms with Gasteiger partial charge in [-0.15, -0.1) is 10.2 Å². The molecule has 5 nitrogen and oxygen atoms in total. The maximum atomic E-state index is 13.5. The Kier molecular flexibility index (Phi) is 7.42. The highest BCUT2D eigenvalue weighted by Gasteiger charge is 2.17. The van der Waals surface area contributed by atoms with Crippen LogP contribution in [-0.2, 0) is 11.3 Å². The molecular weight excluding hydrogens is 435 g/mol. The van der Waals surface area contributed by atoms with Crippen LogP contribution in [0.15, 0.2) is 90.1 Å². The summed E-state index contributed by atoms with van der Waals surface area (Å²) in [5.41, 5.74) is 4.03. The SMILES string of the molecule is CCN(Cc1cccc(F)c1)C(=O)CSc1nnc(-c2ccccc2)c(-c2ccccc2)n1. The zero-order chi connectivity index (χ0) is 23.0. The van der Waals surface area contributed by atoms with Gasteiger partial charge in [-0.2, -0.15) is 0 Å². The average Bonchev–Trinajstić information content (AvgIpc) is 2.87. The number of hydrogen-bond donors (Lipinski definition) is 0. The van der Waals surface area contributed by atoms with Crippen LogP contribution in [0.2, 0.25) is 0 Å². The fourth-order valence-electron chi connectivity index (χ4n) is 3.41. The molecule has 0 atom stereocenters. The summed E-state index contributed by atoms with van der Waals surface area (Å²) in [4.78, 5) is 19.2. The fraction of sp³-hybridized carbons (Fsp3) is 0.154. The van der Waals surface area contributed by atoms with Crippen molar-refractivity contribution in [1.82, 2.24) is 20.1 Å². The van der Waals surface area contributed by atoms with E-state index in [9.17, 15) is 9.18 Å². The number of nitrogens with zero attached hydrogens (tertiary/aromatic N) is 4. The molecule has 4 rings (SSSR count). The highest BCUT2D eigenvalue weighted by molar-refractivity contribution is 7.99. The molecular formula is C26H23FN4OS. The standard InChI is InChI=1S/C26H23FN4OS/c1-2-31(17-19-10-9-15-22(27)16-19)23(32)18-33-26-28-24(20-11-5-3-6-12-20)25(29-30-26)21-13-7-4-8-14-21/h3-16H,2,17-18H2,1H3. The molecule has 3 aromatic carbocycles. The van der Waals surface area contributed by atoms with Gasteiger partial charge in [0.1, 0.15) is 17.2 Å². The van der Waals surface area contributed by atoms with Crippen LogP contribution in [0.1, 0.15) is 12.5 Å². The first-order valence-electron chi connectivity index (χ1n) is 10.6. The predicted octanol–water partition coefficient (Wildman–Crippen LogP) is 5.49. The number of thioether (sulfide) groups is 1. The maximum absolute atomic E-state index is 13.5. The summed E-state index contributed by atoms with van der Waals surface area (Å²) in [6.45, 7) is 2.79. The van der Waals surface area contributed by atoms with Crippen molar-refractivity contribution in [3.63, 3.8) is 0 Å². The summed E-state index contributed by atoms with van der Waals surface area (Å²) in [6, 6.07) is 25.9. The van der Waals surface area contributed by atoms with Gasteiger partial charge < -0.3 is 4.90 Å². The van der Waals surface area contributed by atoms with Crippen molar-refractivity contribution in [2.75, 3.05) is 12.3 Å². The lowest BCUT2D eigenvalue weighted by atomic mass is 10.0. The van der Waals surface area contributed by atoms with Crippen LogP contribution in [-0.4, -0.2) is 38.3 Å². The van der Waals surface area contributed by atoms with Crippen molar-refractivity contribution in [3.05, 3.63) is 96.3 Å². The maximum Gasteiger partial charge on any atom is 0.233 e. The van der Waals surface area contributed by atoms with Gasteiger partial charge in [0.15, 0.2) is 0 Å². The fourth-order valence-corrected chi connectivity index (χ4v) is 4.10. The lowest BCUT2D eigenvalue weighted by Gasteiger charge is -2.20. The second kappa shape index (κ2) is 10.8. The Hall–Kier alpha value is -3.58. The van der Waals surface area contributed by atoms with Crippen molar-refractivity contribution in [3.8, 4) is 22.5 Å². The van der Waals surface area contributed by atoms with E-state index in [-0.39, 0.29) is 17.5 Å². The summed E-state index contributed by atoms with van der Waals surface area (Å²) >= 11 is 1.25. The predicted molar refractivity (Wildman–Crippen MR) is 129 cm³/mol. The third kappa shape index (κ3) is 5.81. The van der Waals surface area contributed by atoms with E-state index in [4.69, 9.17) is 4.98 Å². The van der Waals surface area contributed by atoms with E-state index in [1.807, 2.05) is 73.7 Å². The Morgan fingerprint density at radius 2 is 1.55 bits per heavy atom. The van der Waals surface area contributed by atoms with E-state index < -0.39 is 0 Å². The van der Waals surface area contributed by atoms with Crippen molar-refractivity contribution >= 4 is 17.7 Å². The summed E-state index contributed by atoms with van der Waals surface area (Å²) < 4.78 is 13.5. The largest absolute Gasteiger partial charge is 0.338 e. The molecule has 0 N–H and O–H groups in total. The van der Waals surface area contributed by atoms with E-state index in [0.29, 0.717) is 23.9 Å². The molecule has 7 heteroatoms. The highest BCUT2D eigenvalue weighted by Crippen LogP contribution is 2.29. The molecule has 166 valence electrons. The monoisotopic (exact) mass is 458 g/mol. The lowest BCUT2D eigenvalue weighted by Crippen LogP contribution is -2.31. The first-order chi connectivity index (χ1) is 16.1. The number of benzene rings is 3. The number of rotatable bonds is 8. The molecule has 0 aliphatic rings. The molecule has 0 saturated heterocycles. The first-order valence-corrected chi connectivity index (χ1v) is 11.6. The molecule has 1 aromatic heterocycles. The first kappa shape index (κ1) is 22.6. The van der Waals surface area contributed by atoms with Gasteiger partial charge in [-0.05, 0) is 24.6 Å². The van der Waals surface area contributed by atoms with Gasteiger partial charge in [-0.1, -0.05) is 84.6 Å². The van der Waals surface area contributed by atoms with Gasteiger partial charge in [-0.25, -0.2) is 9.37 Å². The summed E-state index contributed by atoms with van der Waals surface area (Å²) in [5.74, 6) is -0.204. The third-order valence-electron chi connectivity index (χ3n) is 5.08. The van der Waals surface area contributed by atoms with Crippen LogP contribution in [0, 0.1) is 5.82 Å². The Labute approximate surface area is 196 Å². The molecule has 1 amide bonds. The van der Waals surface area contributed by atoms with Gasteiger partial charge in [0.05, 0.1) is 5.75 Å². The Balaban J connectivity index is 1.52. The van der Waals surface area contributed by atoms with Crippen LogP contribution < -0.4 is 0 Å². The smallest absolute Gasteiger partial charge is 0.233 e. The van der Waals surface area contributed by atoms with Crippen molar-refractivity contribution in [2.45, 2.75) is 18.6 Å². The molecule has 0 aliphatic heterocycles. The lowest BCUT2D eigenvalue weighted by molar-refractivity contribution is -0.128. The minimum absolute atomic E-state index is 0.0660. The summed E-state index contributed by atoms with van der Waals surface area (Å²) in [5, 5.41) is 9.16. The Bertz CT molecular complexity index is 1220. The number of carbonyl (C=O) groups is 1. The van der Waals surface area contributed by atoms with E-state index in [0.717, 1.165) is 22.4 Å². The molecule has 0 aliphatic carbocycles. The number of amides is 1. The van der Waals surface area contributed by atoms with Crippen LogP contribution in [0.5, 0.6) is 0 Å². The van der Waals surface area contributed by atoms with Crippen LogP contribution >= 0.6 is 11.8 Å². The van der Waals surface area contributed by atoms with Crippen LogP contribution in [0.4, 0.5) is 4.39 Å². The number of halogens is 1. The summed E-state index contributed by atoms with van der Waals surface area (Å²) in [7, 11) is 0. The van der Waals surface area contributed by atoms with Crippen LogP contribution in [0.3, 0.4) is 0 Å². The van der Waals surface area contributed by atoms with Crippen molar-refractivity contribution in [1.29, 1.82) is 0 Å². The zero-order valence-corrected chi connectivity index (χ0v) is 19.0. The van der Waals surface area contributed by atoms with E-state index in [2.05, 4.69) is 10.2 Å². The van der Waals surface area contributed by atoms with Crippen LogP contribution in [0.25, 0.3) is 22.5 Å². The minimum atomic E-state index is -0.309. The minimum Gasteiger partial charge on any atom is -0.338 e. The Morgan fingerprint density at radius 3 is 2.18 bits per heavy atom. The van der Waals surface area contributed by atoms with Gasteiger partial charge in [0.2, 0.25) is 11.1 Å². The van der Waals surface area contributed by atoms with E-state index in [1.165, 1.54) is 23.9 Å². The van der Waals surface area contributed by atoms with E-state index >= 15 is 0 Å². The molecule has 0 radical (unpaired) electrons. The molecule has 1 heterocycles. The highest BCUT2D eigenvalue weighted by atomic mass is 32.2. The quantitative estimate of drug-likeness (QED) is 0.327. The zero-order valence-electron chi connectivity index (χ0n) is 18.2. The second-order valence-corrected chi connectivity index (χ2v) is 8.29. The average molecular weight is 459 g/mol. The van der Waals surface area contributed by atoms with E-state index in [1.54, 1.807) is 11.0 Å². The number of carbonyl (C=O) groups excluding carboxylic acids is 1. The third-order valence-corrected chi connectivity index (χ3v) is 5.91. The molecule has 0 spiro atoms. The molecule has 0 unspecified atom stereocenters. The molecule has 33 heavy (non-hydrogen) atoms. The van der Waals surface area contributed by atoms with Gasteiger partial charge >= 0.3 is 0 Å². The molecule has 0 bridgehead atoms. The van der Waals surface area contributed by atoms with Crippen molar-refractivity contribution < 1.29 is 9.18 Å². The number of hydrogen-bond acceptors (Lipinski definition) is 5. The summed E-state index contributed by atoms with van der Waals surface area (Å²) in [6.07, 6.45) is 0.